The lowest BCUT2D eigenvalue weighted by atomic mass is 10.2. The quantitative estimate of drug-likeness (QED) is 0.800. The molecule has 0 amide bonds. The molecule has 0 aliphatic heterocycles. The van der Waals surface area contributed by atoms with E-state index in [9.17, 15) is 9.18 Å². The van der Waals surface area contributed by atoms with E-state index < -0.39 is 11.8 Å². The van der Waals surface area contributed by atoms with Crippen molar-refractivity contribution in [1.82, 2.24) is 0 Å². The molecule has 1 aromatic rings. The first-order chi connectivity index (χ1) is 7.49. The van der Waals surface area contributed by atoms with E-state index in [1.807, 2.05) is 0 Å². The highest BCUT2D eigenvalue weighted by atomic mass is 35.5. The number of carboxylic acids is 1. The van der Waals surface area contributed by atoms with Gasteiger partial charge in [0.15, 0.2) is 0 Å². The van der Waals surface area contributed by atoms with Crippen LogP contribution >= 0.6 is 11.6 Å². The molecule has 0 spiro atoms. The molecule has 0 fully saturated rings. The summed E-state index contributed by atoms with van der Waals surface area (Å²) in [4.78, 5) is 10.3. The van der Waals surface area contributed by atoms with Gasteiger partial charge in [-0.3, -0.25) is 0 Å². The minimum atomic E-state index is -1.02. The van der Waals surface area contributed by atoms with Crippen LogP contribution in [0.1, 0.15) is 6.92 Å². The molecule has 0 aliphatic rings. The van der Waals surface area contributed by atoms with Gasteiger partial charge >= 0.3 is 5.97 Å². The Morgan fingerprint density at radius 3 is 2.88 bits per heavy atom. The highest BCUT2D eigenvalue weighted by Crippen LogP contribution is 2.18. The SMILES string of the molecule is C/C(=C/C(=O)O)CNc1ccc(Cl)cc1F. The minimum Gasteiger partial charge on any atom is -0.478 e. The van der Waals surface area contributed by atoms with Crippen molar-refractivity contribution < 1.29 is 14.3 Å². The maximum absolute atomic E-state index is 13.3. The van der Waals surface area contributed by atoms with Crippen LogP contribution in [0.15, 0.2) is 29.8 Å². The standard InChI is InChI=1S/C11H11ClFNO2/c1-7(4-11(15)16)6-14-10-3-2-8(12)5-9(10)13/h2-5,14H,6H2,1H3,(H,15,16)/b7-4-. The van der Waals surface area contributed by atoms with Crippen LogP contribution in [-0.4, -0.2) is 17.6 Å². The number of carboxylic acid groups (broad SMARTS) is 1. The molecule has 1 aromatic carbocycles. The van der Waals surface area contributed by atoms with E-state index in [1.54, 1.807) is 13.0 Å². The van der Waals surface area contributed by atoms with Crippen molar-refractivity contribution in [1.29, 1.82) is 0 Å². The summed E-state index contributed by atoms with van der Waals surface area (Å²) in [5, 5.41) is 11.6. The van der Waals surface area contributed by atoms with Gasteiger partial charge in [-0.2, -0.15) is 0 Å². The van der Waals surface area contributed by atoms with Crippen LogP contribution in [0.3, 0.4) is 0 Å². The topological polar surface area (TPSA) is 49.3 Å². The Balaban J connectivity index is 2.65. The van der Waals surface area contributed by atoms with Crippen molar-refractivity contribution in [2.24, 2.45) is 0 Å². The third-order valence-corrected chi connectivity index (χ3v) is 2.09. The van der Waals surface area contributed by atoms with E-state index in [0.717, 1.165) is 6.08 Å². The monoisotopic (exact) mass is 243 g/mol. The Kier molecular flexibility index (Phi) is 4.31. The number of carbonyl (C=O) groups is 1. The molecule has 86 valence electrons. The molecular formula is C11H11ClFNO2. The number of halogens is 2. The van der Waals surface area contributed by atoms with E-state index in [2.05, 4.69) is 5.32 Å². The zero-order chi connectivity index (χ0) is 12.1. The van der Waals surface area contributed by atoms with Gasteiger partial charge in [-0.1, -0.05) is 11.6 Å². The summed E-state index contributed by atoms with van der Waals surface area (Å²) < 4.78 is 13.3. The molecule has 0 bridgehead atoms. The Morgan fingerprint density at radius 2 is 2.31 bits per heavy atom. The zero-order valence-corrected chi connectivity index (χ0v) is 9.38. The Morgan fingerprint density at radius 1 is 1.62 bits per heavy atom. The maximum atomic E-state index is 13.3. The second-order valence-corrected chi connectivity index (χ2v) is 3.74. The molecule has 0 radical (unpaired) electrons. The van der Waals surface area contributed by atoms with Crippen LogP contribution in [0.2, 0.25) is 5.02 Å². The van der Waals surface area contributed by atoms with Gasteiger partial charge in [0.05, 0.1) is 5.69 Å². The summed E-state index contributed by atoms with van der Waals surface area (Å²) in [6, 6.07) is 4.26. The van der Waals surface area contributed by atoms with Crippen molar-refractivity contribution in [2.45, 2.75) is 6.92 Å². The predicted molar refractivity (Wildman–Crippen MR) is 61.3 cm³/mol. The third kappa shape index (κ3) is 3.90. The lowest BCUT2D eigenvalue weighted by Crippen LogP contribution is -2.05. The molecule has 1 rings (SSSR count). The molecule has 0 saturated carbocycles. The molecule has 0 aromatic heterocycles. The zero-order valence-electron chi connectivity index (χ0n) is 8.63. The van der Waals surface area contributed by atoms with Gasteiger partial charge < -0.3 is 10.4 Å². The molecule has 0 aliphatic carbocycles. The maximum Gasteiger partial charge on any atom is 0.328 e. The van der Waals surface area contributed by atoms with Gasteiger partial charge in [-0.15, -0.1) is 0 Å². The summed E-state index contributed by atoms with van der Waals surface area (Å²) >= 11 is 5.59. The number of hydrogen-bond donors (Lipinski definition) is 2. The Hall–Kier alpha value is -1.55. The minimum absolute atomic E-state index is 0.269. The Bertz CT molecular complexity index is 432. The summed E-state index contributed by atoms with van der Waals surface area (Å²) in [5.41, 5.74) is 0.893. The Labute approximate surface area is 97.5 Å². The van der Waals surface area contributed by atoms with E-state index in [4.69, 9.17) is 16.7 Å². The average molecular weight is 244 g/mol. The van der Waals surface area contributed by atoms with E-state index in [-0.39, 0.29) is 6.54 Å². The van der Waals surface area contributed by atoms with Crippen LogP contribution in [0.25, 0.3) is 0 Å². The van der Waals surface area contributed by atoms with E-state index >= 15 is 0 Å². The normalized spacial score (nSPS) is 11.3. The van der Waals surface area contributed by atoms with Crippen LogP contribution in [0.5, 0.6) is 0 Å². The fourth-order valence-electron chi connectivity index (χ4n) is 1.13. The van der Waals surface area contributed by atoms with Crippen molar-refractivity contribution >= 4 is 23.3 Å². The molecule has 5 heteroatoms. The number of benzene rings is 1. The number of nitrogens with one attached hydrogen (secondary N) is 1. The number of hydrogen-bond acceptors (Lipinski definition) is 2. The smallest absolute Gasteiger partial charge is 0.328 e. The van der Waals surface area contributed by atoms with Crippen molar-refractivity contribution in [3.05, 3.63) is 40.7 Å². The number of anilines is 1. The fraction of sp³-hybridized carbons (Fsp3) is 0.182. The molecule has 0 unspecified atom stereocenters. The number of aliphatic carboxylic acids is 1. The second kappa shape index (κ2) is 5.51. The first-order valence-electron chi connectivity index (χ1n) is 4.58. The first-order valence-corrected chi connectivity index (χ1v) is 4.96. The summed E-state index contributed by atoms with van der Waals surface area (Å²) in [5.74, 6) is -1.48. The molecular weight excluding hydrogens is 233 g/mol. The van der Waals surface area contributed by atoms with Crippen molar-refractivity contribution in [3.63, 3.8) is 0 Å². The molecule has 0 saturated heterocycles. The molecule has 16 heavy (non-hydrogen) atoms. The third-order valence-electron chi connectivity index (χ3n) is 1.86. The highest BCUT2D eigenvalue weighted by Gasteiger charge is 2.02. The summed E-state index contributed by atoms with van der Waals surface area (Å²) in [6.07, 6.45) is 1.07. The van der Waals surface area contributed by atoms with Crippen molar-refractivity contribution in [2.75, 3.05) is 11.9 Å². The van der Waals surface area contributed by atoms with Gasteiger partial charge in [-0.05, 0) is 30.7 Å². The average Bonchev–Trinajstić information content (AvgIpc) is 2.15. The van der Waals surface area contributed by atoms with Gasteiger partial charge in [0.2, 0.25) is 0 Å². The van der Waals surface area contributed by atoms with Crippen LogP contribution in [0.4, 0.5) is 10.1 Å². The fourth-order valence-corrected chi connectivity index (χ4v) is 1.29. The number of rotatable bonds is 4. The first kappa shape index (κ1) is 12.5. The van der Waals surface area contributed by atoms with Crippen LogP contribution < -0.4 is 5.32 Å². The second-order valence-electron chi connectivity index (χ2n) is 3.31. The molecule has 0 heterocycles. The van der Waals surface area contributed by atoms with Gasteiger partial charge in [0, 0.05) is 17.6 Å². The van der Waals surface area contributed by atoms with Crippen molar-refractivity contribution in [3.8, 4) is 0 Å². The molecule has 0 atom stereocenters. The molecule has 2 N–H and O–H groups in total. The van der Waals surface area contributed by atoms with Gasteiger partial charge in [0.25, 0.3) is 0 Å². The van der Waals surface area contributed by atoms with E-state index in [1.165, 1.54) is 12.1 Å². The van der Waals surface area contributed by atoms with Gasteiger partial charge in [-0.25, -0.2) is 9.18 Å². The van der Waals surface area contributed by atoms with E-state index in [0.29, 0.717) is 16.3 Å². The lowest BCUT2D eigenvalue weighted by molar-refractivity contribution is -0.131. The highest BCUT2D eigenvalue weighted by molar-refractivity contribution is 6.30. The largest absolute Gasteiger partial charge is 0.478 e. The summed E-state index contributed by atoms with van der Waals surface area (Å²) in [7, 11) is 0. The summed E-state index contributed by atoms with van der Waals surface area (Å²) in [6.45, 7) is 1.92. The molecule has 3 nitrogen and oxygen atoms in total. The van der Waals surface area contributed by atoms with Crippen LogP contribution in [0, 0.1) is 5.82 Å². The predicted octanol–water partition coefficient (Wildman–Crippen LogP) is 2.92. The lowest BCUT2D eigenvalue weighted by Gasteiger charge is -2.07. The van der Waals surface area contributed by atoms with Crippen LogP contribution in [-0.2, 0) is 4.79 Å². The van der Waals surface area contributed by atoms with Gasteiger partial charge in [0.1, 0.15) is 5.82 Å².